The number of pyridine rings is 2. The number of hydrogen-bond donors (Lipinski definition) is 0. The second kappa shape index (κ2) is 8.24. The van der Waals surface area contributed by atoms with Crippen LogP contribution >= 0.6 is 0 Å². The second-order valence-corrected chi connectivity index (χ2v) is 6.76. The Kier molecular flexibility index (Phi) is 5.35. The first-order chi connectivity index (χ1) is 14.3. The molecule has 0 radical (unpaired) electrons. The molecule has 5 rings (SSSR count). The molecular formula is C27H24N2. The van der Waals surface area contributed by atoms with Crippen LogP contribution < -0.4 is 0 Å². The molecule has 0 aliphatic carbocycles. The number of aromatic nitrogens is 2. The summed E-state index contributed by atoms with van der Waals surface area (Å²) in [5, 5.41) is 2.27. The maximum absolute atomic E-state index is 4.86. The number of hydrogen-bond acceptors (Lipinski definition) is 2. The Bertz CT molecular complexity index is 1260. The maximum Gasteiger partial charge on any atom is 0.0974 e. The quantitative estimate of drug-likeness (QED) is 0.299. The van der Waals surface area contributed by atoms with Crippen molar-refractivity contribution in [1.82, 2.24) is 9.97 Å². The summed E-state index contributed by atoms with van der Waals surface area (Å²) in [5.74, 6) is 0. The predicted molar refractivity (Wildman–Crippen MR) is 124 cm³/mol. The van der Waals surface area contributed by atoms with E-state index >= 15 is 0 Å². The van der Waals surface area contributed by atoms with Crippen molar-refractivity contribution < 1.29 is 0 Å². The normalized spacial score (nSPS) is 10.6. The topological polar surface area (TPSA) is 25.8 Å². The van der Waals surface area contributed by atoms with Crippen LogP contribution in [0.3, 0.4) is 0 Å². The highest BCUT2D eigenvalue weighted by Crippen LogP contribution is 2.35. The molecule has 5 aromatic rings. The van der Waals surface area contributed by atoms with Crippen LogP contribution in [0.15, 0.2) is 91.1 Å². The highest BCUT2D eigenvalue weighted by atomic mass is 14.7. The van der Waals surface area contributed by atoms with Gasteiger partial charge < -0.3 is 0 Å². The van der Waals surface area contributed by atoms with Crippen molar-refractivity contribution >= 4 is 21.8 Å². The van der Waals surface area contributed by atoms with Gasteiger partial charge in [0.1, 0.15) is 0 Å². The molecule has 0 atom stereocenters. The van der Waals surface area contributed by atoms with Gasteiger partial charge in [0.2, 0.25) is 0 Å². The molecule has 0 aliphatic heterocycles. The molecule has 2 heteroatoms. The predicted octanol–water partition coefficient (Wildman–Crippen LogP) is 7.45. The summed E-state index contributed by atoms with van der Waals surface area (Å²) in [7, 11) is 0. The minimum absolute atomic E-state index is 0.953. The fourth-order valence-electron chi connectivity index (χ4n) is 3.76. The lowest BCUT2D eigenvalue weighted by atomic mass is 9.96. The van der Waals surface area contributed by atoms with Crippen molar-refractivity contribution in [2.24, 2.45) is 0 Å². The lowest BCUT2D eigenvalue weighted by Gasteiger charge is -2.12. The van der Waals surface area contributed by atoms with Crippen LogP contribution in [0.2, 0.25) is 0 Å². The monoisotopic (exact) mass is 376 g/mol. The van der Waals surface area contributed by atoms with E-state index in [0.717, 1.165) is 27.5 Å². The van der Waals surface area contributed by atoms with E-state index in [1.54, 1.807) is 0 Å². The summed E-state index contributed by atoms with van der Waals surface area (Å²) < 4.78 is 0. The van der Waals surface area contributed by atoms with E-state index in [-0.39, 0.29) is 0 Å². The molecule has 0 saturated carbocycles. The van der Waals surface area contributed by atoms with Crippen LogP contribution in [0, 0.1) is 6.92 Å². The first-order valence-corrected chi connectivity index (χ1v) is 10.1. The van der Waals surface area contributed by atoms with Crippen LogP contribution in [0.5, 0.6) is 0 Å². The van der Waals surface area contributed by atoms with Crippen molar-refractivity contribution in [2.45, 2.75) is 20.8 Å². The highest BCUT2D eigenvalue weighted by Gasteiger charge is 2.12. The van der Waals surface area contributed by atoms with Crippen LogP contribution in [0.25, 0.3) is 44.1 Å². The summed E-state index contributed by atoms with van der Waals surface area (Å²) in [4.78, 5) is 9.57. The van der Waals surface area contributed by atoms with Crippen LogP contribution in [-0.4, -0.2) is 9.97 Å². The zero-order valence-corrected chi connectivity index (χ0v) is 17.1. The van der Waals surface area contributed by atoms with Gasteiger partial charge in [0, 0.05) is 22.7 Å². The fourth-order valence-corrected chi connectivity index (χ4v) is 3.76. The second-order valence-electron chi connectivity index (χ2n) is 6.76. The zero-order chi connectivity index (χ0) is 20.2. The standard InChI is InChI=1S/C25H18N2.C2H6/c1-17-16-23(19-10-6-3-7-11-19)22-13-12-21-20(18-8-4-2-5-9-18)14-15-26-24(21)25(22)27-17;1-2/h2-16H,1H3;1-2H3. The third-order valence-corrected chi connectivity index (χ3v) is 4.99. The van der Waals surface area contributed by atoms with Gasteiger partial charge >= 0.3 is 0 Å². The molecule has 0 fully saturated rings. The Hall–Kier alpha value is -3.52. The van der Waals surface area contributed by atoms with Gasteiger partial charge in [-0.05, 0) is 41.3 Å². The van der Waals surface area contributed by atoms with Crippen molar-refractivity contribution in [3.05, 3.63) is 96.8 Å². The summed E-state index contributed by atoms with van der Waals surface area (Å²) in [6.07, 6.45) is 1.89. The van der Waals surface area contributed by atoms with E-state index in [1.807, 2.05) is 39.1 Å². The molecule has 2 heterocycles. The van der Waals surface area contributed by atoms with Crippen LogP contribution in [0.1, 0.15) is 19.5 Å². The lowest BCUT2D eigenvalue weighted by molar-refractivity contribution is 1.25. The van der Waals surface area contributed by atoms with Crippen molar-refractivity contribution in [3.8, 4) is 22.3 Å². The number of benzene rings is 3. The third kappa shape index (κ3) is 3.50. The Balaban J connectivity index is 0.000000994. The van der Waals surface area contributed by atoms with Gasteiger partial charge in [-0.2, -0.15) is 0 Å². The van der Waals surface area contributed by atoms with Gasteiger partial charge in [0.05, 0.1) is 11.0 Å². The van der Waals surface area contributed by atoms with Gasteiger partial charge in [-0.3, -0.25) is 9.97 Å². The Labute approximate surface area is 171 Å². The Morgan fingerprint density at radius 1 is 0.586 bits per heavy atom. The Morgan fingerprint density at radius 2 is 1.14 bits per heavy atom. The molecule has 0 bridgehead atoms. The first-order valence-electron chi connectivity index (χ1n) is 10.1. The average molecular weight is 377 g/mol. The number of fused-ring (bicyclic) bond motifs is 3. The van der Waals surface area contributed by atoms with Crippen LogP contribution in [0.4, 0.5) is 0 Å². The summed E-state index contributed by atoms with van der Waals surface area (Å²) >= 11 is 0. The summed E-state index contributed by atoms with van der Waals surface area (Å²) in [5.41, 5.74) is 7.70. The van der Waals surface area contributed by atoms with E-state index < -0.39 is 0 Å². The zero-order valence-electron chi connectivity index (χ0n) is 17.1. The molecule has 0 spiro atoms. The van der Waals surface area contributed by atoms with E-state index in [0.29, 0.717) is 0 Å². The van der Waals surface area contributed by atoms with Gasteiger partial charge in [0.15, 0.2) is 0 Å². The minimum atomic E-state index is 0.953. The molecule has 3 aromatic carbocycles. The fraction of sp³-hybridized carbons (Fsp3) is 0.111. The minimum Gasteiger partial charge on any atom is -0.254 e. The summed E-state index contributed by atoms with van der Waals surface area (Å²) in [6.45, 7) is 6.05. The summed E-state index contributed by atoms with van der Waals surface area (Å²) in [6, 6.07) is 29.5. The molecule has 29 heavy (non-hydrogen) atoms. The van der Waals surface area contributed by atoms with Crippen molar-refractivity contribution in [1.29, 1.82) is 0 Å². The molecule has 0 N–H and O–H groups in total. The van der Waals surface area contributed by atoms with Gasteiger partial charge in [-0.25, -0.2) is 0 Å². The van der Waals surface area contributed by atoms with Crippen LogP contribution in [-0.2, 0) is 0 Å². The van der Waals surface area contributed by atoms with E-state index in [4.69, 9.17) is 9.97 Å². The molecule has 0 amide bonds. The molecule has 0 unspecified atom stereocenters. The van der Waals surface area contributed by atoms with E-state index in [9.17, 15) is 0 Å². The maximum atomic E-state index is 4.86. The highest BCUT2D eigenvalue weighted by molar-refractivity contribution is 6.11. The SMILES string of the molecule is CC.Cc1cc(-c2ccccc2)c2ccc3c(-c4ccccc4)ccnc3c2n1. The number of aryl methyl sites for hydroxylation is 1. The molecule has 2 aromatic heterocycles. The lowest BCUT2D eigenvalue weighted by Crippen LogP contribution is -1.92. The smallest absolute Gasteiger partial charge is 0.0974 e. The number of rotatable bonds is 2. The molecule has 142 valence electrons. The van der Waals surface area contributed by atoms with E-state index in [1.165, 1.54) is 22.3 Å². The molecule has 2 nitrogen and oxygen atoms in total. The van der Waals surface area contributed by atoms with Gasteiger partial charge in [-0.1, -0.05) is 86.6 Å². The van der Waals surface area contributed by atoms with Crippen molar-refractivity contribution in [3.63, 3.8) is 0 Å². The first kappa shape index (κ1) is 18.8. The Morgan fingerprint density at radius 3 is 1.76 bits per heavy atom. The number of nitrogens with zero attached hydrogens (tertiary/aromatic N) is 2. The molecule has 0 saturated heterocycles. The van der Waals surface area contributed by atoms with Gasteiger partial charge in [-0.15, -0.1) is 0 Å². The molecule has 0 aliphatic rings. The van der Waals surface area contributed by atoms with E-state index in [2.05, 4.69) is 72.8 Å². The molecular weight excluding hydrogens is 352 g/mol. The average Bonchev–Trinajstić information content (AvgIpc) is 2.80. The third-order valence-electron chi connectivity index (χ3n) is 4.99. The van der Waals surface area contributed by atoms with Gasteiger partial charge in [0.25, 0.3) is 0 Å². The van der Waals surface area contributed by atoms with Crippen molar-refractivity contribution in [2.75, 3.05) is 0 Å². The largest absolute Gasteiger partial charge is 0.254 e.